The van der Waals surface area contributed by atoms with E-state index in [1.807, 2.05) is 10.6 Å². The molecular weight excluding hydrogens is 378 g/mol. The predicted octanol–water partition coefficient (Wildman–Crippen LogP) is 2.33. The lowest BCUT2D eigenvalue weighted by molar-refractivity contribution is -0.134. The predicted molar refractivity (Wildman–Crippen MR) is 115 cm³/mol. The number of nitrogens with zero attached hydrogens (tertiary/aromatic N) is 3. The molecule has 3 fully saturated rings. The van der Waals surface area contributed by atoms with E-state index in [-0.39, 0.29) is 24.1 Å². The Balaban J connectivity index is 1.30. The van der Waals surface area contributed by atoms with Gasteiger partial charge in [-0.15, -0.1) is 0 Å². The van der Waals surface area contributed by atoms with E-state index in [0.717, 1.165) is 63.1 Å². The average Bonchev–Trinajstić information content (AvgIpc) is 3.31. The number of amides is 1. The van der Waals surface area contributed by atoms with Gasteiger partial charge in [-0.25, -0.2) is 0 Å². The van der Waals surface area contributed by atoms with Crippen molar-refractivity contribution < 1.29 is 9.90 Å². The number of aliphatic hydroxyl groups is 1. The van der Waals surface area contributed by atoms with Crippen molar-refractivity contribution in [2.24, 2.45) is 11.3 Å². The maximum atomic E-state index is 13.3. The van der Waals surface area contributed by atoms with Crippen molar-refractivity contribution in [2.75, 3.05) is 26.2 Å². The molecule has 4 heterocycles. The highest BCUT2D eigenvalue weighted by Gasteiger charge is 2.40. The van der Waals surface area contributed by atoms with Crippen molar-refractivity contribution in [3.05, 3.63) is 33.7 Å². The maximum Gasteiger partial charge on any atom is 0.255 e. The number of likely N-dealkylation sites (tertiary alicyclic amines) is 2. The number of rotatable bonds is 6. The van der Waals surface area contributed by atoms with E-state index in [1.54, 1.807) is 0 Å². The lowest BCUT2D eigenvalue weighted by atomic mass is 9.82. The highest BCUT2D eigenvalue weighted by molar-refractivity contribution is 5.76. The molecule has 3 aliphatic heterocycles. The second kappa shape index (κ2) is 7.79. The molecule has 1 amide bonds. The molecule has 4 aliphatic rings. The molecule has 1 N–H and O–H groups in total. The first-order valence-electron chi connectivity index (χ1n) is 11.8. The molecule has 2 bridgehead atoms. The minimum Gasteiger partial charge on any atom is -0.395 e. The molecule has 6 nitrogen and oxygen atoms in total. The van der Waals surface area contributed by atoms with Crippen molar-refractivity contribution in [3.8, 4) is 0 Å². The van der Waals surface area contributed by atoms with Gasteiger partial charge in [0.15, 0.2) is 0 Å². The van der Waals surface area contributed by atoms with Gasteiger partial charge in [0.25, 0.3) is 5.56 Å². The van der Waals surface area contributed by atoms with Gasteiger partial charge in [-0.05, 0) is 62.5 Å². The molecule has 1 aromatic rings. The minimum absolute atomic E-state index is 0.132. The number of carbonyl (C=O) groups is 1. The summed E-state index contributed by atoms with van der Waals surface area (Å²) in [6.07, 6.45) is 7.40. The molecule has 0 radical (unpaired) electrons. The third kappa shape index (κ3) is 3.84. The molecule has 2 saturated heterocycles. The molecule has 1 saturated carbocycles. The maximum absolute atomic E-state index is 13.3. The fraction of sp³-hybridized carbons (Fsp3) is 0.750. The minimum atomic E-state index is 0.132. The summed E-state index contributed by atoms with van der Waals surface area (Å²) in [6, 6.07) is 4.30. The Kier molecular flexibility index (Phi) is 5.26. The molecule has 6 heteroatoms. The Hall–Kier alpha value is -1.66. The average molecular weight is 414 g/mol. The smallest absolute Gasteiger partial charge is 0.255 e. The van der Waals surface area contributed by atoms with Gasteiger partial charge < -0.3 is 14.6 Å². The summed E-state index contributed by atoms with van der Waals surface area (Å²) in [5, 5.41) is 9.58. The zero-order valence-corrected chi connectivity index (χ0v) is 18.2. The van der Waals surface area contributed by atoms with Crippen LogP contribution in [0, 0.1) is 11.3 Å². The third-order valence-electron chi connectivity index (χ3n) is 8.16. The zero-order valence-electron chi connectivity index (χ0n) is 18.2. The molecule has 1 aromatic heterocycles. The summed E-state index contributed by atoms with van der Waals surface area (Å²) < 4.78 is 1.99. The Morgan fingerprint density at radius 2 is 2.07 bits per heavy atom. The standard InChI is InChI=1S/C24H35N3O3/c1-24(8-9-24)7-6-22(29)26-12-17-11-19(15-26)21-5-4-18(23(30)27(21)13-17)14-25-10-2-3-20(25)16-28/h4-5,17,19-20,28H,2-3,6-16H2,1H3/t17-,19+,20+/m0/s1. The molecule has 0 aromatic carbocycles. The molecule has 0 spiro atoms. The molecule has 30 heavy (non-hydrogen) atoms. The number of aromatic nitrogens is 1. The summed E-state index contributed by atoms with van der Waals surface area (Å²) in [5.41, 5.74) is 2.49. The van der Waals surface area contributed by atoms with Crippen LogP contribution >= 0.6 is 0 Å². The quantitative estimate of drug-likeness (QED) is 0.777. The van der Waals surface area contributed by atoms with Gasteiger partial charge in [0.1, 0.15) is 0 Å². The van der Waals surface area contributed by atoms with Gasteiger partial charge in [-0.1, -0.05) is 13.0 Å². The van der Waals surface area contributed by atoms with Gasteiger partial charge in [0, 0.05) is 55.8 Å². The number of aliphatic hydroxyl groups excluding tert-OH is 1. The Labute approximate surface area is 178 Å². The van der Waals surface area contributed by atoms with Crippen LogP contribution in [0.3, 0.4) is 0 Å². The molecule has 0 unspecified atom stereocenters. The number of fused-ring (bicyclic) bond motifs is 4. The van der Waals surface area contributed by atoms with Gasteiger partial charge in [0.2, 0.25) is 5.91 Å². The van der Waals surface area contributed by atoms with E-state index in [2.05, 4.69) is 22.8 Å². The van der Waals surface area contributed by atoms with E-state index in [9.17, 15) is 14.7 Å². The first-order valence-corrected chi connectivity index (χ1v) is 11.8. The second-order valence-corrected chi connectivity index (χ2v) is 10.6. The van der Waals surface area contributed by atoms with Crippen LogP contribution in [0.15, 0.2) is 16.9 Å². The van der Waals surface area contributed by atoms with Crippen LogP contribution in [0.25, 0.3) is 0 Å². The largest absolute Gasteiger partial charge is 0.395 e. The van der Waals surface area contributed by atoms with Gasteiger partial charge >= 0.3 is 0 Å². The van der Waals surface area contributed by atoms with Crippen molar-refractivity contribution >= 4 is 5.91 Å². The lowest BCUT2D eigenvalue weighted by Crippen LogP contribution is -2.49. The molecule has 1 aliphatic carbocycles. The molecular formula is C24H35N3O3. The van der Waals surface area contributed by atoms with E-state index in [0.29, 0.717) is 30.2 Å². The van der Waals surface area contributed by atoms with Crippen LogP contribution in [0.5, 0.6) is 0 Å². The summed E-state index contributed by atoms with van der Waals surface area (Å²) in [5.74, 6) is 0.952. The fourth-order valence-electron chi connectivity index (χ4n) is 5.87. The summed E-state index contributed by atoms with van der Waals surface area (Å²) in [4.78, 5) is 30.4. The zero-order chi connectivity index (χ0) is 20.9. The highest BCUT2D eigenvalue weighted by Crippen LogP contribution is 2.49. The molecule has 3 atom stereocenters. The van der Waals surface area contributed by atoms with Crippen LogP contribution in [0.4, 0.5) is 0 Å². The summed E-state index contributed by atoms with van der Waals surface area (Å²) in [7, 11) is 0. The molecule has 5 rings (SSSR count). The van der Waals surface area contributed by atoms with Gasteiger partial charge in [-0.3, -0.25) is 14.5 Å². The topological polar surface area (TPSA) is 65.8 Å². The second-order valence-electron chi connectivity index (χ2n) is 10.6. The van der Waals surface area contributed by atoms with Crippen molar-refractivity contribution in [2.45, 2.75) is 76.9 Å². The number of hydrogen-bond acceptors (Lipinski definition) is 4. The fourth-order valence-corrected chi connectivity index (χ4v) is 5.87. The van der Waals surface area contributed by atoms with Crippen LogP contribution in [0.2, 0.25) is 0 Å². The Morgan fingerprint density at radius 1 is 1.23 bits per heavy atom. The highest BCUT2D eigenvalue weighted by atomic mass is 16.3. The van der Waals surface area contributed by atoms with E-state index >= 15 is 0 Å². The first-order chi connectivity index (χ1) is 14.5. The van der Waals surface area contributed by atoms with Crippen LogP contribution < -0.4 is 5.56 Å². The van der Waals surface area contributed by atoms with Gasteiger partial charge in [0.05, 0.1) is 6.61 Å². The SMILES string of the molecule is CC1(CCC(=O)N2C[C@@H]3C[C@H](C2)c2ccc(CN4CCC[C@@H]4CO)c(=O)n2C3)CC1. The van der Waals surface area contributed by atoms with Gasteiger partial charge in [-0.2, -0.15) is 0 Å². The summed E-state index contributed by atoms with van der Waals surface area (Å²) in [6.45, 7) is 6.31. The van der Waals surface area contributed by atoms with Crippen molar-refractivity contribution in [1.82, 2.24) is 14.4 Å². The van der Waals surface area contributed by atoms with Crippen LogP contribution in [0.1, 0.15) is 69.0 Å². The number of piperidine rings is 1. The van der Waals surface area contributed by atoms with Crippen LogP contribution in [-0.4, -0.2) is 57.7 Å². The van der Waals surface area contributed by atoms with E-state index in [4.69, 9.17) is 0 Å². The van der Waals surface area contributed by atoms with E-state index < -0.39 is 0 Å². The summed E-state index contributed by atoms with van der Waals surface area (Å²) >= 11 is 0. The monoisotopic (exact) mass is 413 g/mol. The van der Waals surface area contributed by atoms with E-state index in [1.165, 1.54) is 12.8 Å². The Bertz CT molecular complexity index is 875. The third-order valence-corrected chi connectivity index (χ3v) is 8.16. The number of carbonyl (C=O) groups excluding carboxylic acids is 1. The Morgan fingerprint density at radius 3 is 2.83 bits per heavy atom. The van der Waals surface area contributed by atoms with Crippen LogP contribution in [-0.2, 0) is 17.9 Å². The number of hydrogen-bond donors (Lipinski definition) is 1. The lowest BCUT2D eigenvalue weighted by Gasteiger charge is -2.43. The molecule has 164 valence electrons. The first kappa shape index (κ1) is 20.3. The van der Waals surface area contributed by atoms with Crippen molar-refractivity contribution in [1.29, 1.82) is 0 Å². The normalized spacial score (nSPS) is 29.7. The number of pyridine rings is 1. The van der Waals surface area contributed by atoms with Crippen molar-refractivity contribution in [3.63, 3.8) is 0 Å².